The summed E-state index contributed by atoms with van der Waals surface area (Å²) in [6, 6.07) is 6.46. The van der Waals surface area contributed by atoms with E-state index in [1.807, 2.05) is 6.07 Å². The van der Waals surface area contributed by atoms with E-state index < -0.39 is 4.92 Å². The van der Waals surface area contributed by atoms with Crippen molar-refractivity contribution in [2.45, 2.75) is 6.54 Å². The number of rotatable bonds is 3. The number of nitro groups is 1. The molecule has 0 N–H and O–H groups in total. The molecule has 0 atom stereocenters. The monoisotopic (exact) mass is 247 g/mol. The molecule has 0 aliphatic heterocycles. The largest absolute Gasteiger partial charge is 0.347 e. The third kappa shape index (κ3) is 2.17. The predicted molar refractivity (Wildman–Crippen MR) is 67.3 cm³/mol. The third-order valence-corrected chi connectivity index (χ3v) is 2.77. The summed E-state index contributed by atoms with van der Waals surface area (Å²) in [6.45, 7) is 0.178. The van der Waals surface area contributed by atoms with E-state index in [9.17, 15) is 14.9 Å². The fraction of sp³-hybridized carbons (Fsp3) is 0.250. The zero-order valence-electron chi connectivity index (χ0n) is 10.2. The van der Waals surface area contributed by atoms with Gasteiger partial charge in [-0.05, 0) is 12.1 Å². The summed E-state index contributed by atoms with van der Waals surface area (Å²) in [5, 5.41) is 11.6. The summed E-state index contributed by atoms with van der Waals surface area (Å²) in [5.41, 5.74) is 0.721. The van der Waals surface area contributed by atoms with Gasteiger partial charge in [-0.3, -0.25) is 14.9 Å². The summed E-state index contributed by atoms with van der Waals surface area (Å²) < 4.78 is 1.71. The van der Waals surface area contributed by atoms with Crippen molar-refractivity contribution in [1.29, 1.82) is 0 Å². The Hall–Kier alpha value is -2.37. The van der Waals surface area contributed by atoms with E-state index in [0.29, 0.717) is 5.52 Å². The molecule has 18 heavy (non-hydrogen) atoms. The Morgan fingerprint density at radius 2 is 2.11 bits per heavy atom. The van der Waals surface area contributed by atoms with Gasteiger partial charge in [0.15, 0.2) is 0 Å². The number of hydrogen-bond donors (Lipinski definition) is 0. The Labute approximate surface area is 104 Å². The molecule has 1 amide bonds. The zero-order chi connectivity index (χ0) is 13.3. The average Bonchev–Trinajstić information content (AvgIpc) is 2.71. The molecule has 0 unspecified atom stereocenters. The molecule has 0 radical (unpaired) electrons. The van der Waals surface area contributed by atoms with E-state index in [2.05, 4.69) is 0 Å². The van der Waals surface area contributed by atoms with Crippen LogP contribution in [0.3, 0.4) is 0 Å². The maximum Gasteiger partial charge on any atom is 0.271 e. The second-order valence-corrected chi connectivity index (χ2v) is 4.23. The van der Waals surface area contributed by atoms with Crippen LogP contribution in [-0.2, 0) is 11.3 Å². The normalized spacial score (nSPS) is 10.6. The third-order valence-electron chi connectivity index (χ3n) is 2.77. The Kier molecular flexibility index (Phi) is 3.01. The molecule has 1 aromatic heterocycles. The minimum Gasteiger partial charge on any atom is -0.347 e. The lowest BCUT2D eigenvalue weighted by Gasteiger charge is -2.11. The van der Waals surface area contributed by atoms with Gasteiger partial charge in [-0.2, -0.15) is 0 Å². The van der Waals surface area contributed by atoms with E-state index in [0.717, 1.165) is 5.39 Å². The number of nitro benzene ring substituents is 1. The van der Waals surface area contributed by atoms with Gasteiger partial charge in [0.25, 0.3) is 5.69 Å². The van der Waals surface area contributed by atoms with Gasteiger partial charge >= 0.3 is 0 Å². The van der Waals surface area contributed by atoms with Crippen LogP contribution in [0.2, 0.25) is 0 Å². The highest BCUT2D eigenvalue weighted by atomic mass is 16.6. The van der Waals surface area contributed by atoms with Crippen molar-refractivity contribution < 1.29 is 9.72 Å². The first-order valence-electron chi connectivity index (χ1n) is 5.42. The van der Waals surface area contributed by atoms with Gasteiger partial charge in [0.2, 0.25) is 5.91 Å². The van der Waals surface area contributed by atoms with E-state index in [1.54, 1.807) is 30.9 Å². The fourth-order valence-electron chi connectivity index (χ4n) is 1.71. The topological polar surface area (TPSA) is 68.4 Å². The number of nitrogens with zero attached hydrogens (tertiary/aromatic N) is 3. The molecule has 2 aromatic rings. The van der Waals surface area contributed by atoms with Gasteiger partial charge in [0.05, 0.1) is 10.4 Å². The molecule has 0 fully saturated rings. The van der Waals surface area contributed by atoms with E-state index in [4.69, 9.17) is 0 Å². The van der Waals surface area contributed by atoms with Crippen molar-refractivity contribution in [2.75, 3.05) is 14.1 Å². The molecule has 0 bridgehead atoms. The molecular formula is C12H13N3O3. The molecule has 2 rings (SSSR count). The number of likely N-dealkylation sites (N-methyl/N-ethyl adjacent to an activating group) is 1. The van der Waals surface area contributed by atoms with Crippen LogP contribution in [-0.4, -0.2) is 34.4 Å². The number of fused-ring (bicyclic) bond motifs is 1. The molecule has 94 valence electrons. The molecule has 1 aromatic carbocycles. The summed E-state index contributed by atoms with van der Waals surface area (Å²) in [4.78, 5) is 23.4. The molecule has 6 nitrogen and oxygen atoms in total. The quantitative estimate of drug-likeness (QED) is 0.611. The minimum absolute atomic E-state index is 0.0275. The summed E-state index contributed by atoms with van der Waals surface area (Å²) in [5.74, 6) is -0.0565. The van der Waals surface area contributed by atoms with Crippen LogP contribution in [0.5, 0.6) is 0 Å². The minimum atomic E-state index is -0.440. The van der Waals surface area contributed by atoms with E-state index in [-0.39, 0.29) is 18.1 Å². The first kappa shape index (κ1) is 12.1. The lowest BCUT2D eigenvalue weighted by atomic mass is 10.2. The predicted octanol–water partition coefficient (Wildman–Crippen LogP) is 1.64. The Morgan fingerprint density at radius 3 is 2.72 bits per heavy atom. The number of amides is 1. The number of non-ortho nitro benzene ring substituents is 1. The summed E-state index contributed by atoms with van der Waals surface area (Å²) in [6.07, 6.45) is 1.76. The van der Waals surface area contributed by atoms with E-state index >= 15 is 0 Å². The highest BCUT2D eigenvalue weighted by molar-refractivity contribution is 5.84. The summed E-state index contributed by atoms with van der Waals surface area (Å²) in [7, 11) is 3.35. The van der Waals surface area contributed by atoms with Crippen molar-refractivity contribution in [2.24, 2.45) is 0 Å². The number of hydrogen-bond acceptors (Lipinski definition) is 3. The number of aromatic nitrogens is 1. The van der Waals surface area contributed by atoms with Gasteiger partial charge in [-0.1, -0.05) is 0 Å². The lowest BCUT2D eigenvalue weighted by Crippen LogP contribution is -2.25. The maximum atomic E-state index is 11.6. The standard InChI is InChI=1S/C12H13N3O3/c1-13(2)12(16)8-14-6-5-9-3-4-10(15(17)18)7-11(9)14/h3-7H,8H2,1-2H3. The second-order valence-electron chi connectivity index (χ2n) is 4.23. The molecule has 0 spiro atoms. The Morgan fingerprint density at radius 1 is 1.39 bits per heavy atom. The molecule has 0 aliphatic rings. The van der Waals surface area contributed by atoms with Crippen LogP contribution in [0.15, 0.2) is 30.5 Å². The summed E-state index contributed by atoms with van der Waals surface area (Å²) >= 11 is 0. The Balaban J connectivity index is 2.42. The van der Waals surface area contributed by atoms with Gasteiger partial charge < -0.3 is 9.47 Å². The van der Waals surface area contributed by atoms with Crippen LogP contribution >= 0.6 is 0 Å². The first-order chi connectivity index (χ1) is 8.49. The molecule has 1 heterocycles. The van der Waals surface area contributed by atoms with Gasteiger partial charge in [-0.25, -0.2) is 0 Å². The number of carbonyl (C=O) groups excluding carboxylic acids is 1. The molecule has 0 saturated carbocycles. The smallest absolute Gasteiger partial charge is 0.271 e. The van der Waals surface area contributed by atoms with Crippen molar-refractivity contribution in [3.05, 3.63) is 40.6 Å². The Bertz CT molecular complexity index is 616. The molecule has 0 aliphatic carbocycles. The zero-order valence-corrected chi connectivity index (χ0v) is 10.2. The van der Waals surface area contributed by atoms with Crippen LogP contribution in [0.4, 0.5) is 5.69 Å². The first-order valence-corrected chi connectivity index (χ1v) is 5.42. The number of benzene rings is 1. The van der Waals surface area contributed by atoms with Crippen molar-refractivity contribution >= 4 is 22.5 Å². The van der Waals surface area contributed by atoms with Crippen LogP contribution in [0, 0.1) is 10.1 Å². The van der Waals surface area contributed by atoms with E-state index in [1.165, 1.54) is 17.0 Å². The SMILES string of the molecule is CN(C)C(=O)Cn1ccc2ccc([N+](=O)[O-])cc21. The van der Waals surface area contributed by atoms with Crippen molar-refractivity contribution in [3.8, 4) is 0 Å². The second kappa shape index (κ2) is 4.48. The van der Waals surface area contributed by atoms with Crippen LogP contribution in [0.25, 0.3) is 10.9 Å². The lowest BCUT2D eigenvalue weighted by molar-refractivity contribution is -0.384. The average molecular weight is 247 g/mol. The fourth-order valence-corrected chi connectivity index (χ4v) is 1.71. The van der Waals surface area contributed by atoms with Gasteiger partial charge in [0.1, 0.15) is 6.54 Å². The van der Waals surface area contributed by atoms with Crippen molar-refractivity contribution in [3.63, 3.8) is 0 Å². The maximum absolute atomic E-state index is 11.6. The van der Waals surface area contributed by atoms with Crippen LogP contribution in [0.1, 0.15) is 0 Å². The molecular weight excluding hydrogens is 234 g/mol. The van der Waals surface area contributed by atoms with Crippen molar-refractivity contribution in [1.82, 2.24) is 9.47 Å². The van der Waals surface area contributed by atoms with Gasteiger partial charge in [-0.15, -0.1) is 0 Å². The molecule has 6 heteroatoms. The highest BCUT2D eigenvalue weighted by Gasteiger charge is 2.11. The highest BCUT2D eigenvalue weighted by Crippen LogP contribution is 2.21. The molecule has 0 saturated heterocycles. The van der Waals surface area contributed by atoms with Crippen LogP contribution < -0.4 is 0 Å². The van der Waals surface area contributed by atoms with Gasteiger partial charge in [0, 0.05) is 37.8 Å². The number of carbonyl (C=O) groups is 1.